The molecule has 1 atom stereocenters. The number of rotatable bonds is 4. The molecule has 6 nitrogen and oxygen atoms in total. The first-order valence-corrected chi connectivity index (χ1v) is 8.06. The van der Waals surface area contributed by atoms with E-state index in [1.54, 1.807) is 30.3 Å². The first-order chi connectivity index (χ1) is 11.1. The molecule has 2 aromatic rings. The summed E-state index contributed by atoms with van der Waals surface area (Å²) in [5, 5.41) is 3.36. The van der Waals surface area contributed by atoms with Crippen LogP contribution in [0.2, 0.25) is 0 Å². The number of nitrogens with zero attached hydrogens (tertiary/aromatic N) is 2. The lowest BCUT2D eigenvalue weighted by Gasteiger charge is -2.16. The van der Waals surface area contributed by atoms with E-state index in [1.165, 1.54) is 11.3 Å². The fourth-order valence-corrected chi connectivity index (χ4v) is 3.18. The summed E-state index contributed by atoms with van der Waals surface area (Å²) in [6.45, 7) is 2.30. The van der Waals surface area contributed by atoms with Crippen molar-refractivity contribution in [1.82, 2.24) is 4.98 Å². The summed E-state index contributed by atoms with van der Waals surface area (Å²) in [6.07, 6.45) is 1.92. The Hall–Kier alpha value is -2.41. The highest BCUT2D eigenvalue weighted by Gasteiger charge is 2.35. The first-order valence-electron chi connectivity index (χ1n) is 7.24. The van der Waals surface area contributed by atoms with Crippen LogP contribution in [0.1, 0.15) is 11.3 Å². The molecule has 23 heavy (non-hydrogen) atoms. The van der Waals surface area contributed by atoms with Gasteiger partial charge in [-0.15, -0.1) is 11.3 Å². The molecule has 2 amide bonds. The summed E-state index contributed by atoms with van der Waals surface area (Å²) in [7, 11) is 1.59. The molecular weight excluding hydrogens is 314 g/mol. The van der Waals surface area contributed by atoms with Crippen molar-refractivity contribution in [3.05, 3.63) is 35.3 Å². The molecule has 1 fully saturated rings. The molecule has 1 saturated heterocycles. The number of benzene rings is 1. The van der Waals surface area contributed by atoms with E-state index in [2.05, 4.69) is 10.3 Å². The second-order valence-corrected chi connectivity index (χ2v) is 6.60. The number of ether oxygens (including phenoxy) is 1. The third kappa shape index (κ3) is 3.34. The number of anilines is 2. The van der Waals surface area contributed by atoms with E-state index in [9.17, 15) is 9.59 Å². The van der Waals surface area contributed by atoms with Crippen LogP contribution in [0.25, 0.3) is 0 Å². The molecule has 1 aromatic heterocycles. The topological polar surface area (TPSA) is 71.5 Å². The average molecular weight is 331 g/mol. The number of nitrogens with one attached hydrogen (secondary N) is 1. The van der Waals surface area contributed by atoms with Gasteiger partial charge in [-0.05, 0) is 31.2 Å². The van der Waals surface area contributed by atoms with Crippen LogP contribution in [0.5, 0.6) is 5.75 Å². The van der Waals surface area contributed by atoms with Crippen LogP contribution in [-0.4, -0.2) is 30.5 Å². The van der Waals surface area contributed by atoms with Gasteiger partial charge in [-0.1, -0.05) is 0 Å². The molecule has 0 spiro atoms. The van der Waals surface area contributed by atoms with Crippen molar-refractivity contribution < 1.29 is 14.3 Å². The predicted molar refractivity (Wildman–Crippen MR) is 88.9 cm³/mol. The highest BCUT2D eigenvalue weighted by atomic mass is 32.1. The Bertz CT molecular complexity index is 726. The lowest BCUT2D eigenvalue weighted by Crippen LogP contribution is -2.28. The lowest BCUT2D eigenvalue weighted by molar-refractivity contribution is -0.122. The lowest BCUT2D eigenvalue weighted by atomic mass is 10.1. The van der Waals surface area contributed by atoms with E-state index < -0.39 is 0 Å². The number of aromatic nitrogens is 1. The molecule has 1 N–H and O–H groups in total. The summed E-state index contributed by atoms with van der Waals surface area (Å²) in [4.78, 5) is 31.3. The summed E-state index contributed by atoms with van der Waals surface area (Å²) in [5.41, 5.74) is 0.774. The summed E-state index contributed by atoms with van der Waals surface area (Å²) in [6, 6.07) is 7.24. The monoisotopic (exact) mass is 331 g/mol. The van der Waals surface area contributed by atoms with E-state index >= 15 is 0 Å². The third-order valence-corrected chi connectivity index (χ3v) is 4.56. The minimum atomic E-state index is -0.367. The number of thiazole rings is 1. The van der Waals surface area contributed by atoms with Crippen molar-refractivity contribution in [1.29, 1.82) is 0 Å². The minimum absolute atomic E-state index is 0.0503. The van der Waals surface area contributed by atoms with Crippen LogP contribution in [-0.2, 0) is 9.59 Å². The zero-order valence-electron chi connectivity index (χ0n) is 12.9. The molecule has 2 heterocycles. The van der Waals surface area contributed by atoms with Gasteiger partial charge in [0.25, 0.3) is 0 Å². The molecule has 3 rings (SSSR count). The Morgan fingerprint density at radius 3 is 2.74 bits per heavy atom. The van der Waals surface area contributed by atoms with E-state index in [0.29, 0.717) is 11.7 Å². The predicted octanol–water partition coefficient (Wildman–Crippen LogP) is 2.45. The molecular formula is C16H17N3O3S. The van der Waals surface area contributed by atoms with Crippen molar-refractivity contribution >= 4 is 34.0 Å². The fourth-order valence-electron chi connectivity index (χ4n) is 2.51. The van der Waals surface area contributed by atoms with Gasteiger partial charge in [0.15, 0.2) is 5.13 Å². The third-order valence-electron chi connectivity index (χ3n) is 3.73. The summed E-state index contributed by atoms with van der Waals surface area (Å²) in [5.74, 6) is 0.150. The average Bonchev–Trinajstić information content (AvgIpc) is 3.13. The number of amides is 2. The van der Waals surface area contributed by atoms with Crippen LogP contribution in [0.3, 0.4) is 0 Å². The number of carbonyl (C=O) groups excluding carboxylic acids is 2. The van der Waals surface area contributed by atoms with Crippen LogP contribution in [0, 0.1) is 12.8 Å². The van der Waals surface area contributed by atoms with E-state index in [1.807, 2.05) is 19.1 Å². The molecule has 1 aliphatic rings. The Labute approximate surface area is 138 Å². The van der Waals surface area contributed by atoms with Gasteiger partial charge in [0.1, 0.15) is 5.75 Å². The summed E-state index contributed by atoms with van der Waals surface area (Å²) >= 11 is 1.42. The maximum absolute atomic E-state index is 12.3. The van der Waals surface area contributed by atoms with Gasteiger partial charge in [0, 0.05) is 29.7 Å². The molecule has 7 heteroatoms. The SMILES string of the molecule is COc1ccc(N2CC(C(=O)Nc3ncc(C)s3)CC2=O)cc1. The molecule has 1 unspecified atom stereocenters. The smallest absolute Gasteiger partial charge is 0.231 e. The van der Waals surface area contributed by atoms with E-state index in [4.69, 9.17) is 4.74 Å². The number of methoxy groups -OCH3 is 1. The van der Waals surface area contributed by atoms with Crippen molar-refractivity contribution in [2.75, 3.05) is 23.9 Å². The van der Waals surface area contributed by atoms with Crippen molar-refractivity contribution in [3.8, 4) is 5.75 Å². The molecule has 0 bridgehead atoms. The second kappa shape index (κ2) is 6.37. The van der Waals surface area contributed by atoms with Crippen molar-refractivity contribution in [3.63, 3.8) is 0 Å². The maximum Gasteiger partial charge on any atom is 0.231 e. The Morgan fingerprint density at radius 2 is 2.13 bits per heavy atom. The largest absolute Gasteiger partial charge is 0.497 e. The van der Waals surface area contributed by atoms with E-state index in [0.717, 1.165) is 16.3 Å². The Kier molecular flexibility index (Phi) is 4.29. The van der Waals surface area contributed by atoms with Crippen LogP contribution >= 0.6 is 11.3 Å². The molecule has 0 saturated carbocycles. The van der Waals surface area contributed by atoms with Crippen LogP contribution < -0.4 is 15.0 Å². The molecule has 1 aliphatic heterocycles. The molecule has 0 aliphatic carbocycles. The fraction of sp³-hybridized carbons (Fsp3) is 0.312. The van der Waals surface area contributed by atoms with E-state index in [-0.39, 0.29) is 24.2 Å². The van der Waals surface area contributed by atoms with Gasteiger partial charge in [-0.25, -0.2) is 4.98 Å². The quantitative estimate of drug-likeness (QED) is 0.934. The first kappa shape index (κ1) is 15.5. The number of aryl methyl sites for hydroxylation is 1. The molecule has 1 aromatic carbocycles. The number of carbonyl (C=O) groups is 2. The van der Waals surface area contributed by atoms with Crippen LogP contribution in [0.4, 0.5) is 10.8 Å². The second-order valence-electron chi connectivity index (χ2n) is 5.37. The van der Waals surface area contributed by atoms with Gasteiger partial charge >= 0.3 is 0 Å². The zero-order chi connectivity index (χ0) is 16.4. The van der Waals surface area contributed by atoms with Crippen LogP contribution in [0.15, 0.2) is 30.5 Å². The highest BCUT2D eigenvalue weighted by Crippen LogP contribution is 2.28. The number of hydrogen-bond acceptors (Lipinski definition) is 5. The maximum atomic E-state index is 12.3. The van der Waals surface area contributed by atoms with Crippen molar-refractivity contribution in [2.24, 2.45) is 5.92 Å². The molecule has 120 valence electrons. The van der Waals surface area contributed by atoms with Gasteiger partial charge in [-0.3, -0.25) is 9.59 Å². The zero-order valence-corrected chi connectivity index (χ0v) is 13.7. The number of hydrogen-bond donors (Lipinski definition) is 1. The Morgan fingerprint density at radius 1 is 1.39 bits per heavy atom. The van der Waals surface area contributed by atoms with Crippen molar-refractivity contribution in [2.45, 2.75) is 13.3 Å². The van der Waals surface area contributed by atoms with Gasteiger partial charge in [-0.2, -0.15) is 0 Å². The highest BCUT2D eigenvalue weighted by molar-refractivity contribution is 7.15. The van der Waals surface area contributed by atoms with Gasteiger partial charge < -0.3 is 15.0 Å². The standard InChI is InChI=1S/C16H17N3O3S/c1-10-8-17-16(23-10)18-15(21)11-7-14(20)19(9-11)12-3-5-13(22-2)6-4-12/h3-6,8,11H,7,9H2,1-2H3,(H,17,18,21). The summed E-state index contributed by atoms with van der Waals surface area (Å²) < 4.78 is 5.11. The van der Waals surface area contributed by atoms with Gasteiger partial charge in [0.05, 0.1) is 13.0 Å². The minimum Gasteiger partial charge on any atom is -0.497 e. The normalized spacial score (nSPS) is 17.4. The Balaban J connectivity index is 1.67. The van der Waals surface area contributed by atoms with Gasteiger partial charge in [0.2, 0.25) is 11.8 Å². The molecule has 0 radical (unpaired) electrons.